The lowest BCUT2D eigenvalue weighted by atomic mass is 9.96. The van der Waals surface area contributed by atoms with Crippen molar-refractivity contribution >= 4 is 5.91 Å². The fourth-order valence-electron chi connectivity index (χ4n) is 2.62. The van der Waals surface area contributed by atoms with Gasteiger partial charge >= 0.3 is 0 Å². The van der Waals surface area contributed by atoms with Crippen LogP contribution < -0.4 is 11.1 Å². The monoisotopic (exact) mass is 238 g/mol. The maximum absolute atomic E-state index is 11.9. The van der Waals surface area contributed by atoms with Crippen molar-refractivity contribution in [2.75, 3.05) is 6.54 Å². The number of hydrogen-bond acceptors (Lipinski definition) is 2. The first kappa shape index (κ1) is 12.9. The Morgan fingerprint density at radius 3 is 2.24 bits per heavy atom. The van der Waals surface area contributed by atoms with Crippen molar-refractivity contribution in [2.24, 2.45) is 29.4 Å². The first-order valence-electron chi connectivity index (χ1n) is 7.16. The second-order valence-corrected chi connectivity index (χ2v) is 6.00. The van der Waals surface area contributed by atoms with Gasteiger partial charge in [-0.25, -0.2) is 0 Å². The van der Waals surface area contributed by atoms with E-state index in [1.807, 2.05) is 6.92 Å². The fourth-order valence-corrected chi connectivity index (χ4v) is 2.62. The highest BCUT2D eigenvalue weighted by Gasteiger charge is 2.41. The molecule has 3 heteroatoms. The summed E-state index contributed by atoms with van der Waals surface area (Å²) in [5, 5.41) is 3.08. The zero-order valence-corrected chi connectivity index (χ0v) is 11.1. The van der Waals surface area contributed by atoms with E-state index in [1.54, 1.807) is 0 Å². The summed E-state index contributed by atoms with van der Waals surface area (Å²) >= 11 is 0. The Morgan fingerprint density at radius 1 is 1.29 bits per heavy atom. The maximum Gasteiger partial charge on any atom is 0.237 e. The van der Waals surface area contributed by atoms with Crippen LogP contribution in [0.3, 0.4) is 0 Å². The molecule has 2 saturated carbocycles. The van der Waals surface area contributed by atoms with E-state index in [0.717, 1.165) is 30.7 Å². The SMILES string of the molecule is CCC(C)[C@H](N)C(=O)NCC(C1CC1)C1CC1. The van der Waals surface area contributed by atoms with Crippen molar-refractivity contribution in [1.29, 1.82) is 0 Å². The van der Waals surface area contributed by atoms with Gasteiger partial charge in [0.2, 0.25) is 5.91 Å². The van der Waals surface area contributed by atoms with E-state index in [1.165, 1.54) is 25.7 Å². The van der Waals surface area contributed by atoms with Gasteiger partial charge in [-0.3, -0.25) is 4.79 Å². The summed E-state index contributed by atoms with van der Waals surface area (Å²) in [6.45, 7) is 4.98. The Labute approximate surface area is 105 Å². The minimum atomic E-state index is -0.334. The number of carbonyl (C=O) groups is 1. The molecule has 3 nitrogen and oxygen atoms in total. The molecule has 2 rings (SSSR count). The van der Waals surface area contributed by atoms with Crippen LogP contribution in [0.15, 0.2) is 0 Å². The molecule has 1 unspecified atom stereocenters. The van der Waals surface area contributed by atoms with Crippen LogP contribution in [0.25, 0.3) is 0 Å². The van der Waals surface area contributed by atoms with Crippen molar-refractivity contribution in [3.05, 3.63) is 0 Å². The van der Waals surface area contributed by atoms with Crippen LogP contribution in [0.5, 0.6) is 0 Å². The largest absolute Gasteiger partial charge is 0.354 e. The summed E-state index contributed by atoms with van der Waals surface area (Å²) in [5.41, 5.74) is 5.93. The smallest absolute Gasteiger partial charge is 0.237 e. The summed E-state index contributed by atoms with van der Waals surface area (Å²) in [6.07, 6.45) is 6.44. The molecule has 0 saturated heterocycles. The Morgan fingerprint density at radius 2 is 1.82 bits per heavy atom. The van der Waals surface area contributed by atoms with Gasteiger partial charge in [0.05, 0.1) is 6.04 Å². The second kappa shape index (κ2) is 5.38. The molecule has 1 amide bonds. The highest BCUT2D eigenvalue weighted by molar-refractivity contribution is 5.81. The summed E-state index contributed by atoms with van der Waals surface area (Å²) in [4.78, 5) is 11.9. The van der Waals surface area contributed by atoms with E-state index in [-0.39, 0.29) is 17.9 Å². The van der Waals surface area contributed by atoms with Gasteiger partial charge in [-0.2, -0.15) is 0 Å². The molecule has 98 valence electrons. The minimum Gasteiger partial charge on any atom is -0.354 e. The third-order valence-corrected chi connectivity index (χ3v) is 4.53. The number of amides is 1. The van der Waals surface area contributed by atoms with Gasteiger partial charge in [0.25, 0.3) is 0 Å². The van der Waals surface area contributed by atoms with Crippen LogP contribution in [0.2, 0.25) is 0 Å². The first-order chi connectivity index (χ1) is 8.13. The third kappa shape index (κ3) is 3.44. The van der Waals surface area contributed by atoms with Gasteiger partial charge in [0, 0.05) is 6.54 Å². The normalized spacial score (nSPS) is 23.5. The van der Waals surface area contributed by atoms with Crippen molar-refractivity contribution < 1.29 is 4.79 Å². The van der Waals surface area contributed by atoms with E-state index in [0.29, 0.717) is 0 Å². The molecule has 2 atom stereocenters. The summed E-state index contributed by atoms with van der Waals surface area (Å²) in [6, 6.07) is -0.334. The van der Waals surface area contributed by atoms with Crippen LogP contribution in [0.1, 0.15) is 46.0 Å². The zero-order valence-electron chi connectivity index (χ0n) is 11.1. The number of carbonyl (C=O) groups excluding carboxylic acids is 1. The Hall–Kier alpha value is -0.570. The number of rotatable bonds is 7. The molecule has 0 aromatic carbocycles. The topological polar surface area (TPSA) is 55.1 Å². The molecule has 2 fully saturated rings. The zero-order chi connectivity index (χ0) is 12.4. The second-order valence-electron chi connectivity index (χ2n) is 6.00. The number of nitrogens with one attached hydrogen (secondary N) is 1. The molecule has 0 bridgehead atoms. The van der Waals surface area contributed by atoms with Crippen LogP contribution in [-0.4, -0.2) is 18.5 Å². The molecule has 2 aliphatic rings. The third-order valence-electron chi connectivity index (χ3n) is 4.53. The molecule has 17 heavy (non-hydrogen) atoms. The van der Waals surface area contributed by atoms with E-state index in [4.69, 9.17) is 5.73 Å². The molecule has 2 aliphatic carbocycles. The van der Waals surface area contributed by atoms with Gasteiger partial charge in [-0.15, -0.1) is 0 Å². The summed E-state index contributed by atoms with van der Waals surface area (Å²) < 4.78 is 0. The van der Waals surface area contributed by atoms with Crippen molar-refractivity contribution in [3.63, 3.8) is 0 Å². The lowest BCUT2D eigenvalue weighted by Crippen LogP contribution is -2.46. The molecule has 0 radical (unpaired) electrons. The van der Waals surface area contributed by atoms with Crippen LogP contribution in [-0.2, 0) is 4.79 Å². The molecule has 0 spiro atoms. The van der Waals surface area contributed by atoms with Crippen LogP contribution in [0.4, 0.5) is 0 Å². The van der Waals surface area contributed by atoms with Gasteiger partial charge in [-0.1, -0.05) is 20.3 Å². The lowest BCUT2D eigenvalue weighted by Gasteiger charge is -2.21. The predicted octanol–water partition coefficient (Wildman–Crippen LogP) is 1.91. The van der Waals surface area contributed by atoms with Crippen molar-refractivity contribution in [2.45, 2.75) is 52.0 Å². The molecule has 0 aromatic rings. The van der Waals surface area contributed by atoms with Crippen molar-refractivity contribution in [3.8, 4) is 0 Å². The van der Waals surface area contributed by atoms with Crippen LogP contribution >= 0.6 is 0 Å². The van der Waals surface area contributed by atoms with Crippen molar-refractivity contribution in [1.82, 2.24) is 5.32 Å². The lowest BCUT2D eigenvalue weighted by molar-refractivity contribution is -0.123. The summed E-state index contributed by atoms with van der Waals surface area (Å²) in [7, 11) is 0. The number of nitrogens with two attached hydrogens (primary N) is 1. The van der Waals surface area contributed by atoms with Gasteiger partial charge in [0.15, 0.2) is 0 Å². The molecule has 0 heterocycles. The van der Waals surface area contributed by atoms with E-state index in [9.17, 15) is 4.79 Å². The number of hydrogen-bond donors (Lipinski definition) is 2. The average Bonchev–Trinajstić information content (AvgIpc) is 3.17. The quantitative estimate of drug-likeness (QED) is 0.712. The Kier molecular flexibility index (Phi) is 4.08. The van der Waals surface area contributed by atoms with E-state index >= 15 is 0 Å². The molecule has 3 N–H and O–H groups in total. The Bertz CT molecular complexity index is 259. The van der Waals surface area contributed by atoms with Crippen LogP contribution in [0, 0.1) is 23.7 Å². The van der Waals surface area contributed by atoms with Gasteiger partial charge in [-0.05, 0) is 49.4 Å². The fraction of sp³-hybridized carbons (Fsp3) is 0.929. The summed E-state index contributed by atoms with van der Waals surface area (Å²) in [5.74, 6) is 2.84. The van der Waals surface area contributed by atoms with Gasteiger partial charge < -0.3 is 11.1 Å². The molecule has 0 aliphatic heterocycles. The van der Waals surface area contributed by atoms with E-state index < -0.39 is 0 Å². The molecular weight excluding hydrogens is 212 g/mol. The maximum atomic E-state index is 11.9. The Balaban J connectivity index is 1.74. The predicted molar refractivity (Wildman–Crippen MR) is 69.4 cm³/mol. The highest BCUT2D eigenvalue weighted by atomic mass is 16.2. The minimum absolute atomic E-state index is 0.0469. The standard InChI is InChI=1S/C14H26N2O/c1-3-9(2)13(15)14(17)16-8-12(10-4-5-10)11-6-7-11/h9-13H,3-8,15H2,1-2H3,(H,16,17)/t9?,13-/m0/s1. The first-order valence-corrected chi connectivity index (χ1v) is 7.16. The molecule has 0 aromatic heterocycles. The van der Waals surface area contributed by atoms with E-state index in [2.05, 4.69) is 12.2 Å². The highest BCUT2D eigenvalue weighted by Crippen LogP contribution is 2.48. The molecular formula is C14H26N2O. The van der Waals surface area contributed by atoms with Gasteiger partial charge in [0.1, 0.15) is 0 Å². The average molecular weight is 238 g/mol.